The minimum Gasteiger partial charge on any atom is -0.386 e. The zero-order chi connectivity index (χ0) is 9.59. The van der Waals surface area contributed by atoms with Gasteiger partial charge in [0.25, 0.3) is 0 Å². The maximum atomic E-state index is 13.3. The summed E-state index contributed by atoms with van der Waals surface area (Å²) < 4.78 is 17.5. The Hall–Kier alpha value is -1.71. The van der Waals surface area contributed by atoms with Crippen LogP contribution < -0.4 is 0 Å². The van der Waals surface area contributed by atoms with Crippen molar-refractivity contribution in [2.75, 3.05) is 0 Å². The number of hydrogen-bond donors (Lipinski definition) is 0. The number of esters is 2. The topological polar surface area (TPSA) is 43.4 Å². The maximum Gasteiger partial charge on any atom is 0.349 e. The van der Waals surface area contributed by atoms with Crippen LogP contribution >= 0.6 is 0 Å². The fourth-order valence-electron chi connectivity index (χ4n) is 1.24. The fourth-order valence-corrected chi connectivity index (χ4v) is 1.24. The standard InChI is InChI=1S/C9H5FO3/c1-4-2-3-5-6(7(4)10)9(12)13-8(5)11/h2-3H,1H3. The van der Waals surface area contributed by atoms with E-state index >= 15 is 0 Å². The van der Waals surface area contributed by atoms with E-state index in [-0.39, 0.29) is 11.1 Å². The Morgan fingerprint density at radius 1 is 1.23 bits per heavy atom. The maximum absolute atomic E-state index is 13.3. The van der Waals surface area contributed by atoms with Gasteiger partial charge in [0.05, 0.1) is 5.56 Å². The zero-order valence-electron chi connectivity index (χ0n) is 6.76. The summed E-state index contributed by atoms with van der Waals surface area (Å²) in [7, 11) is 0. The van der Waals surface area contributed by atoms with Gasteiger partial charge in [-0.25, -0.2) is 14.0 Å². The monoisotopic (exact) mass is 180 g/mol. The minimum atomic E-state index is -0.902. The SMILES string of the molecule is Cc1ccc2c(c1F)C(=O)OC2=O. The molecular weight excluding hydrogens is 175 g/mol. The number of rotatable bonds is 0. The Kier molecular flexibility index (Phi) is 1.45. The molecule has 0 atom stereocenters. The summed E-state index contributed by atoms with van der Waals surface area (Å²) >= 11 is 0. The van der Waals surface area contributed by atoms with Gasteiger partial charge >= 0.3 is 11.9 Å². The smallest absolute Gasteiger partial charge is 0.349 e. The molecule has 0 fully saturated rings. The number of ether oxygens (including phenoxy) is 1. The highest BCUT2D eigenvalue weighted by Gasteiger charge is 2.33. The van der Waals surface area contributed by atoms with Crippen LogP contribution in [0, 0.1) is 12.7 Å². The number of benzene rings is 1. The summed E-state index contributed by atoms with van der Waals surface area (Å²) in [6, 6.07) is 2.83. The predicted octanol–water partition coefficient (Wildman–Crippen LogP) is 1.44. The summed E-state index contributed by atoms with van der Waals surface area (Å²) in [6.07, 6.45) is 0. The lowest BCUT2D eigenvalue weighted by molar-refractivity contribution is 0.0442. The van der Waals surface area contributed by atoms with Crippen LogP contribution in [0.5, 0.6) is 0 Å². The molecule has 0 radical (unpaired) electrons. The largest absolute Gasteiger partial charge is 0.386 e. The number of carbonyl (C=O) groups is 2. The molecule has 0 saturated heterocycles. The predicted molar refractivity (Wildman–Crippen MR) is 40.9 cm³/mol. The highest BCUT2D eigenvalue weighted by molar-refractivity contribution is 6.14. The number of aryl methyl sites for hydroxylation is 1. The second-order valence-corrected chi connectivity index (χ2v) is 2.80. The first-order valence-electron chi connectivity index (χ1n) is 3.67. The van der Waals surface area contributed by atoms with Gasteiger partial charge in [-0.1, -0.05) is 6.07 Å². The molecule has 0 unspecified atom stereocenters. The molecule has 0 saturated carbocycles. The van der Waals surface area contributed by atoms with Crippen LogP contribution in [0.15, 0.2) is 12.1 Å². The molecule has 1 aliphatic heterocycles. The van der Waals surface area contributed by atoms with Crippen LogP contribution in [-0.2, 0) is 4.74 Å². The molecule has 4 heteroatoms. The van der Waals surface area contributed by atoms with Crippen LogP contribution in [0.4, 0.5) is 4.39 Å². The summed E-state index contributed by atoms with van der Waals surface area (Å²) in [6.45, 7) is 1.52. The lowest BCUT2D eigenvalue weighted by Gasteiger charge is -1.97. The molecule has 3 nitrogen and oxygen atoms in total. The normalized spacial score (nSPS) is 14.3. The average molecular weight is 180 g/mol. The van der Waals surface area contributed by atoms with E-state index in [9.17, 15) is 14.0 Å². The van der Waals surface area contributed by atoms with Crippen LogP contribution in [0.3, 0.4) is 0 Å². The van der Waals surface area contributed by atoms with Crippen LogP contribution in [0.2, 0.25) is 0 Å². The zero-order valence-corrected chi connectivity index (χ0v) is 6.76. The van der Waals surface area contributed by atoms with Crippen molar-refractivity contribution in [3.05, 3.63) is 34.6 Å². The molecule has 0 aliphatic carbocycles. The molecule has 0 spiro atoms. The van der Waals surface area contributed by atoms with Gasteiger partial charge in [0, 0.05) is 0 Å². The van der Waals surface area contributed by atoms with Crippen molar-refractivity contribution in [2.24, 2.45) is 0 Å². The summed E-state index contributed by atoms with van der Waals surface area (Å²) in [5.41, 5.74) is 0.0866. The van der Waals surface area contributed by atoms with Gasteiger partial charge in [-0.15, -0.1) is 0 Å². The first-order chi connectivity index (χ1) is 6.11. The van der Waals surface area contributed by atoms with Gasteiger partial charge < -0.3 is 4.74 Å². The van der Waals surface area contributed by atoms with Crippen molar-refractivity contribution >= 4 is 11.9 Å². The lowest BCUT2D eigenvalue weighted by atomic mass is 10.1. The molecular formula is C9H5FO3. The molecule has 2 rings (SSSR count). The number of carbonyl (C=O) groups excluding carboxylic acids is 2. The van der Waals surface area contributed by atoms with Crippen LogP contribution in [0.1, 0.15) is 26.3 Å². The molecule has 0 aromatic heterocycles. The summed E-state index contributed by atoms with van der Waals surface area (Å²) in [4.78, 5) is 21.9. The van der Waals surface area contributed by atoms with Crippen molar-refractivity contribution in [3.63, 3.8) is 0 Å². The number of fused-ring (bicyclic) bond motifs is 1. The minimum absolute atomic E-state index is 0.00750. The van der Waals surface area contributed by atoms with E-state index in [0.29, 0.717) is 5.56 Å². The second-order valence-electron chi connectivity index (χ2n) is 2.80. The van der Waals surface area contributed by atoms with Gasteiger partial charge in [-0.3, -0.25) is 0 Å². The van der Waals surface area contributed by atoms with E-state index in [0.717, 1.165) is 0 Å². The van der Waals surface area contributed by atoms with E-state index < -0.39 is 17.8 Å². The van der Waals surface area contributed by atoms with Gasteiger partial charge in [-0.05, 0) is 18.6 Å². The Morgan fingerprint density at radius 3 is 2.62 bits per heavy atom. The van der Waals surface area contributed by atoms with Crippen molar-refractivity contribution in [3.8, 4) is 0 Å². The highest BCUT2D eigenvalue weighted by Crippen LogP contribution is 2.24. The molecule has 66 valence electrons. The summed E-state index contributed by atoms with van der Waals surface area (Å²) in [5.74, 6) is -2.35. The van der Waals surface area contributed by atoms with E-state index in [2.05, 4.69) is 4.74 Å². The van der Waals surface area contributed by atoms with Crippen molar-refractivity contribution in [1.82, 2.24) is 0 Å². The molecule has 1 aromatic carbocycles. The van der Waals surface area contributed by atoms with E-state index in [1.54, 1.807) is 0 Å². The van der Waals surface area contributed by atoms with Gasteiger partial charge in [0.2, 0.25) is 0 Å². The second kappa shape index (κ2) is 2.39. The van der Waals surface area contributed by atoms with Gasteiger partial charge in [0.15, 0.2) is 0 Å². The number of cyclic esters (lactones) is 2. The number of hydrogen-bond acceptors (Lipinski definition) is 3. The van der Waals surface area contributed by atoms with Crippen LogP contribution in [0.25, 0.3) is 0 Å². The molecule has 0 N–H and O–H groups in total. The lowest BCUT2D eigenvalue weighted by Crippen LogP contribution is -1.99. The highest BCUT2D eigenvalue weighted by atomic mass is 19.1. The van der Waals surface area contributed by atoms with Crippen molar-refractivity contribution in [1.29, 1.82) is 0 Å². The van der Waals surface area contributed by atoms with Crippen molar-refractivity contribution in [2.45, 2.75) is 6.92 Å². The Bertz CT molecular complexity index is 423. The first kappa shape index (κ1) is 7.91. The Morgan fingerprint density at radius 2 is 1.92 bits per heavy atom. The first-order valence-corrected chi connectivity index (χ1v) is 3.67. The summed E-state index contributed by atoms with van der Waals surface area (Å²) in [5, 5.41) is 0. The molecule has 0 bridgehead atoms. The molecule has 1 aromatic rings. The van der Waals surface area contributed by atoms with Gasteiger partial charge in [0.1, 0.15) is 11.4 Å². The third kappa shape index (κ3) is 0.950. The Labute approximate surface area is 73.1 Å². The Balaban J connectivity index is 2.78. The third-order valence-corrected chi connectivity index (χ3v) is 1.94. The molecule has 1 aliphatic rings. The van der Waals surface area contributed by atoms with Gasteiger partial charge in [-0.2, -0.15) is 0 Å². The molecule has 13 heavy (non-hydrogen) atoms. The van der Waals surface area contributed by atoms with Crippen molar-refractivity contribution < 1.29 is 18.7 Å². The quantitative estimate of drug-likeness (QED) is 0.448. The van der Waals surface area contributed by atoms with E-state index in [1.165, 1.54) is 19.1 Å². The molecule has 1 heterocycles. The van der Waals surface area contributed by atoms with E-state index in [4.69, 9.17) is 0 Å². The molecule has 0 amide bonds. The van der Waals surface area contributed by atoms with Crippen LogP contribution in [-0.4, -0.2) is 11.9 Å². The fraction of sp³-hybridized carbons (Fsp3) is 0.111. The van der Waals surface area contributed by atoms with E-state index in [1.807, 2.05) is 0 Å². The average Bonchev–Trinajstić information content (AvgIpc) is 2.35. The number of halogens is 1. The third-order valence-electron chi connectivity index (χ3n) is 1.94.